The lowest BCUT2D eigenvalue weighted by Crippen LogP contribution is -2.21. The van der Waals surface area contributed by atoms with E-state index in [0.717, 1.165) is 30.5 Å². The molecule has 3 rings (SSSR count). The lowest BCUT2D eigenvalue weighted by Gasteiger charge is -2.19. The van der Waals surface area contributed by atoms with Gasteiger partial charge in [0.05, 0.1) is 5.56 Å². The minimum absolute atomic E-state index is 0.0152. The van der Waals surface area contributed by atoms with E-state index in [1.54, 1.807) is 12.1 Å². The molecule has 0 atom stereocenters. The highest BCUT2D eigenvalue weighted by Crippen LogP contribution is 2.34. The van der Waals surface area contributed by atoms with E-state index in [-0.39, 0.29) is 22.4 Å². The molecule has 0 saturated carbocycles. The summed E-state index contributed by atoms with van der Waals surface area (Å²) in [5.74, 6) is -3.98. The largest absolute Gasteiger partial charge is 0.429 e. The molecular weight excluding hydrogens is 422 g/mol. The first-order chi connectivity index (χ1) is 14.7. The third-order valence-corrected chi connectivity index (χ3v) is 4.47. The first-order valence-corrected chi connectivity index (χ1v) is 9.40. The Kier molecular flexibility index (Phi) is 6.77. The molecule has 0 spiro atoms. The van der Waals surface area contributed by atoms with Crippen molar-refractivity contribution in [1.29, 1.82) is 0 Å². The van der Waals surface area contributed by atoms with Crippen LogP contribution in [0.3, 0.4) is 0 Å². The van der Waals surface area contributed by atoms with E-state index in [4.69, 9.17) is 4.74 Å². The molecule has 0 unspecified atom stereocenters. The molecule has 0 aliphatic heterocycles. The Bertz CT molecular complexity index is 994. The van der Waals surface area contributed by atoms with Gasteiger partial charge in [0, 0.05) is 0 Å². The van der Waals surface area contributed by atoms with Gasteiger partial charge in [-0.1, -0.05) is 37.6 Å². The number of benzene rings is 3. The highest BCUT2D eigenvalue weighted by atomic mass is 19.3. The van der Waals surface area contributed by atoms with E-state index < -0.39 is 30.1 Å². The van der Waals surface area contributed by atoms with Crippen LogP contribution in [-0.2, 0) is 12.5 Å². The van der Waals surface area contributed by atoms with Crippen LogP contribution in [0.2, 0.25) is 0 Å². The summed E-state index contributed by atoms with van der Waals surface area (Å²) in [5.41, 5.74) is 0.911. The summed E-state index contributed by atoms with van der Waals surface area (Å²) < 4.78 is 89.8. The summed E-state index contributed by atoms with van der Waals surface area (Å²) in [6.07, 6.45) is -1.91. The van der Waals surface area contributed by atoms with Gasteiger partial charge >= 0.3 is 12.7 Å². The van der Waals surface area contributed by atoms with Crippen LogP contribution in [0, 0.1) is 11.6 Å². The van der Waals surface area contributed by atoms with Crippen molar-refractivity contribution >= 4 is 0 Å². The monoisotopic (exact) mass is 440 g/mol. The van der Waals surface area contributed by atoms with Crippen LogP contribution in [0.15, 0.2) is 60.7 Å². The number of alkyl halides is 4. The predicted molar refractivity (Wildman–Crippen MR) is 103 cm³/mol. The summed E-state index contributed by atoms with van der Waals surface area (Å²) in [6.45, 7) is -1.39. The van der Waals surface area contributed by atoms with E-state index in [1.165, 1.54) is 36.4 Å². The SMILES string of the molecule is CCCc1ccc(C(F)(F)Oc2ccc(-c3cc(F)c(OC(F)F)c(F)c3)cc2)cc1. The van der Waals surface area contributed by atoms with Crippen LogP contribution in [0.5, 0.6) is 11.5 Å². The van der Waals surface area contributed by atoms with Gasteiger partial charge in [0.1, 0.15) is 5.75 Å². The van der Waals surface area contributed by atoms with Gasteiger partial charge in [-0.05, 0) is 59.5 Å². The zero-order chi connectivity index (χ0) is 22.6. The summed E-state index contributed by atoms with van der Waals surface area (Å²) in [7, 11) is 0. The van der Waals surface area contributed by atoms with Gasteiger partial charge in [-0.15, -0.1) is 0 Å². The highest BCUT2D eigenvalue weighted by molar-refractivity contribution is 5.65. The maximum Gasteiger partial charge on any atom is 0.426 e. The van der Waals surface area contributed by atoms with Gasteiger partial charge < -0.3 is 9.47 Å². The third kappa shape index (κ3) is 5.51. The standard InChI is InChI=1S/C23H18F6O2/c1-2-3-14-4-8-17(9-5-14)23(28,29)31-18-10-6-15(7-11-18)16-12-19(24)21(20(25)13-16)30-22(26)27/h4-13,22H,2-3H2,1H3. The summed E-state index contributed by atoms with van der Waals surface area (Å²) in [6, 6.07) is 12.5. The van der Waals surface area contributed by atoms with Crippen LogP contribution in [0.4, 0.5) is 26.3 Å². The number of aryl methyl sites for hydroxylation is 1. The minimum atomic E-state index is -3.58. The molecule has 0 N–H and O–H groups in total. The third-order valence-electron chi connectivity index (χ3n) is 4.47. The molecular formula is C23H18F6O2. The summed E-state index contributed by atoms with van der Waals surface area (Å²) >= 11 is 0. The van der Waals surface area contributed by atoms with Crippen molar-refractivity contribution in [2.45, 2.75) is 32.5 Å². The zero-order valence-corrected chi connectivity index (χ0v) is 16.3. The van der Waals surface area contributed by atoms with Gasteiger partial charge in [-0.2, -0.15) is 17.6 Å². The smallest absolute Gasteiger partial charge is 0.426 e. The first kappa shape index (κ1) is 22.5. The number of rotatable bonds is 8. The molecule has 0 saturated heterocycles. The summed E-state index contributed by atoms with van der Waals surface area (Å²) in [4.78, 5) is 0. The van der Waals surface area contributed by atoms with Crippen molar-refractivity contribution in [2.75, 3.05) is 0 Å². The van der Waals surface area contributed by atoms with Crippen molar-refractivity contribution < 1.29 is 35.8 Å². The Morgan fingerprint density at radius 2 is 1.42 bits per heavy atom. The molecule has 3 aromatic carbocycles. The van der Waals surface area contributed by atoms with Crippen LogP contribution < -0.4 is 9.47 Å². The number of hydrogen-bond donors (Lipinski definition) is 0. The van der Waals surface area contributed by atoms with Crippen molar-refractivity contribution in [3.8, 4) is 22.6 Å². The van der Waals surface area contributed by atoms with Crippen LogP contribution in [0.25, 0.3) is 11.1 Å². The van der Waals surface area contributed by atoms with Crippen molar-refractivity contribution in [3.05, 3.63) is 83.4 Å². The topological polar surface area (TPSA) is 18.5 Å². The average molecular weight is 440 g/mol. The molecule has 0 fully saturated rings. The fourth-order valence-corrected chi connectivity index (χ4v) is 3.00. The fourth-order valence-electron chi connectivity index (χ4n) is 3.00. The number of hydrogen-bond acceptors (Lipinski definition) is 2. The van der Waals surface area contributed by atoms with E-state index in [1.807, 2.05) is 6.92 Å². The second-order valence-electron chi connectivity index (χ2n) is 6.74. The lowest BCUT2D eigenvalue weighted by molar-refractivity contribution is -0.185. The zero-order valence-electron chi connectivity index (χ0n) is 16.3. The number of halogens is 6. The normalized spacial score (nSPS) is 11.6. The van der Waals surface area contributed by atoms with Gasteiger partial charge in [-0.25, -0.2) is 8.78 Å². The molecule has 0 aliphatic rings. The molecule has 8 heteroatoms. The molecule has 31 heavy (non-hydrogen) atoms. The first-order valence-electron chi connectivity index (χ1n) is 9.40. The van der Waals surface area contributed by atoms with Crippen molar-refractivity contribution in [3.63, 3.8) is 0 Å². The van der Waals surface area contributed by atoms with E-state index >= 15 is 0 Å². The molecule has 0 bridgehead atoms. The average Bonchev–Trinajstić information content (AvgIpc) is 2.71. The molecule has 3 aromatic rings. The Labute approximate surface area is 175 Å². The molecule has 0 heterocycles. The van der Waals surface area contributed by atoms with Gasteiger partial charge in [0.15, 0.2) is 17.4 Å². The van der Waals surface area contributed by atoms with Crippen LogP contribution >= 0.6 is 0 Å². The predicted octanol–water partition coefficient (Wildman–Crippen LogP) is 7.31. The molecule has 0 amide bonds. The minimum Gasteiger partial charge on any atom is -0.429 e. The van der Waals surface area contributed by atoms with E-state index in [9.17, 15) is 26.3 Å². The van der Waals surface area contributed by atoms with Gasteiger partial charge in [0.2, 0.25) is 0 Å². The second kappa shape index (κ2) is 9.32. The Morgan fingerprint density at radius 3 is 1.94 bits per heavy atom. The number of ether oxygens (including phenoxy) is 2. The molecule has 0 radical (unpaired) electrons. The van der Waals surface area contributed by atoms with Crippen LogP contribution in [0.1, 0.15) is 24.5 Å². The Balaban J connectivity index is 1.77. The van der Waals surface area contributed by atoms with Crippen LogP contribution in [-0.4, -0.2) is 6.61 Å². The quantitative estimate of drug-likeness (QED) is 0.342. The Morgan fingerprint density at radius 1 is 0.839 bits per heavy atom. The molecule has 0 aliphatic carbocycles. The van der Waals surface area contributed by atoms with Gasteiger partial charge in [0.25, 0.3) is 0 Å². The lowest BCUT2D eigenvalue weighted by atomic mass is 10.0. The van der Waals surface area contributed by atoms with Gasteiger partial charge in [-0.3, -0.25) is 0 Å². The maximum atomic E-state index is 14.4. The molecule has 164 valence electrons. The summed E-state index contributed by atoms with van der Waals surface area (Å²) in [5, 5.41) is 0. The molecule has 0 aromatic heterocycles. The van der Waals surface area contributed by atoms with Crippen molar-refractivity contribution in [1.82, 2.24) is 0 Å². The van der Waals surface area contributed by atoms with E-state index in [0.29, 0.717) is 0 Å². The van der Waals surface area contributed by atoms with E-state index in [2.05, 4.69) is 4.74 Å². The second-order valence-corrected chi connectivity index (χ2v) is 6.74. The maximum absolute atomic E-state index is 14.4. The van der Waals surface area contributed by atoms with Crippen molar-refractivity contribution in [2.24, 2.45) is 0 Å². The Hall–Kier alpha value is -3.16. The molecule has 2 nitrogen and oxygen atoms in total. The fraction of sp³-hybridized carbons (Fsp3) is 0.217. The highest BCUT2D eigenvalue weighted by Gasteiger charge is 2.34.